The molecule has 1 atom stereocenters. The van der Waals surface area contributed by atoms with Crippen LogP contribution in [0.5, 0.6) is 0 Å². The number of ether oxygens (including phenoxy) is 1. The Hall–Kier alpha value is 0.0600. The highest BCUT2D eigenvalue weighted by Gasteiger charge is 2.01. The Morgan fingerprint density at radius 2 is 2.25 bits per heavy atom. The summed E-state index contributed by atoms with van der Waals surface area (Å²) in [7, 11) is 0.103. The van der Waals surface area contributed by atoms with E-state index in [1.54, 1.807) is 0 Å². The topological polar surface area (TPSA) is 26.3 Å². The van der Waals surface area contributed by atoms with Crippen LogP contribution in [0.3, 0.4) is 0 Å². The zero-order chi connectivity index (χ0) is 6.41. The van der Waals surface area contributed by atoms with Crippen LogP contribution in [0, 0.1) is 0 Å². The van der Waals surface area contributed by atoms with Crippen LogP contribution < -0.4 is 0 Å². The van der Waals surface area contributed by atoms with Gasteiger partial charge in [0.1, 0.15) is 5.85 Å². The van der Waals surface area contributed by atoms with Gasteiger partial charge in [-0.25, -0.2) is 0 Å². The van der Waals surface area contributed by atoms with Crippen molar-refractivity contribution < 1.29 is 9.30 Å². The second-order valence-electron chi connectivity index (χ2n) is 1.42. The van der Waals surface area contributed by atoms with Gasteiger partial charge >= 0.3 is 0 Å². The first-order valence-corrected chi connectivity index (χ1v) is 3.67. The van der Waals surface area contributed by atoms with Crippen molar-refractivity contribution in [2.45, 2.75) is 26.1 Å². The SMILES string of the molecule is CCOC(CC)P=O. The molecule has 0 aliphatic carbocycles. The molecule has 0 bridgehead atoms. The van der Waals surface area contributed by atoms with Crippen LogP contribution >= 0.6 is 8.46 Å². The molecule has 0 rings (SSSR count). The normalized spacial score (nSPS) is 14.2. The van der Waals surface area contributed by atoms with Gasteiger partial charge in [0.15, 0.2) is 8.46 Å². The number of hydrogen-bond donors (Lipinski definition) is 0. The molecule has 0 heterocycles. The Labute approximate surface area is 51.4 Å². The molecule has 0 aromatic rings. The van der Waals surface area contributed by atoms with E-state index in [-0.39, 0.29) is 14.3 Å². The zero-order valence-corrected chi connectivity index (χ0v) is 6.15. The van der Waals surface area contributed by atoms with Gasteiger partial charge in [-0.1, -0.05) is 6.92 Å². The molecule has 0 N–H and O–H groups in total. The summed E-state index contributed by atoms with van der Waals surface area (Å²) >= 11 is 0. The van der Waals surface area contributed by atoms with E-state index in [0.29, 0.717) is 6.61 Å². The van der Waals surface area contributed by atoms with E-state index in [1.165, 1.54) is 0 Å². The molecule has 48 valence electrons. The van der Waals surface area contributed by atoms with Gasteiger partial charge in [0.25, 0.3) is 0 Å². The third-order valence-electron chi connectivity index (χ3n) is 0.826. The third kappa shape index (κ3) is 3.11. The lowest BCUT2D eigenvalue weighted by atomic mass is 10.5. The number of rotatable bonds is 4. The Bertz CT molecular complexity index is 65.4. The van der Waals surface area contributed by atoms with Crippen molar-refractivity contribution in [2.75, 3.05) is 6.61 Å². The first-order valence-electron chi connectivity index (χ1n) is 2.79. The smallest absolute Gasteiger partial charge is 0.187 e. The summed E-state index contributed by atoms with van der Waals surface area (Å²) in [6.07, 6.45) is 0.818. The van der Waals surface area contributed by atoms with E-state index in [2.05, 4.69) is 0 Å². The van der Waals surface area contributed by atoms with Crippen molar-refractivity contribution in [1.29, 1.82) is 0 Å². The van der Waals surface area contributed by atoms with Crippen molar-refractivity contribution in [3.05, 3.63) is 0 Å². The highest BCUT2D eigenvalue weighted by Crippen LogP contribution is 2.10. The molecule has 0 saturated heterocycles. The molecule has 3 heteroatoms. The molecule has 0 spiro atoms. The molecule has 0 aromatic carbocycles. The van der Waals surface area contributed by atoms with Gasteiger partial charge in [-0.2, -0.15) is 0 Å². The van der Waals surface area contributed by atoms with E-state index >= 15 is 0 Å². The molecule has 0 radical (unpaired) electrons. The summed E-state index contributed by atoms with van der Waals surface area (Å²) < 4.78 is 15.1. The van der Waals surface area contributed by atoms with Crippen LogP contribution in [0.4, 0.5) is 0 Å². The fourth-order valence-corrected chi connectivity index (χ4v) is 0.774. The summed E-state index contributed by atoms with van der Waals surface area (Å²) in [5.41, 5.74) is 0. The van der Waals surface area contributed by atoms with Crippen molar-refractivity contribution in [3.63, 3.8) is 0 Å². The lowest BCUT2D eigenvalue weighted by Gasteiger charge is -2.03. The standard InChI is InChI=1S/C5H11O2P/c1-3-5(8-6)7-4-2/h5H,3-4H2,1-2H3. The Morgan fingerprint density at radius 1 is 1.62 bits per heavy atom. The molecule has 0 aliphatic rings. The average Bonchev–Trinajstić information content (AvgIpc) is 1.83. The maximum absolute atomic E-state index is 10.1. The summed E-state index contributed by atoms with van der Waals surface area (Å²) in [4.78, 5) is 0. The van der Waals surface area contributed by atoms with Crippen LogP contribution in [0.2, 0.25) is 0 Å². The van der Waals surface area contributed by atoms with Crippen LogP contribution in [0.1, 0.15) is 20.3 Å². The first kappa shape index (κ1) is 8.06. The molecule has 0 fully saturated rings. The van der Waals surface area contributed by atoms with Gasteiger partial charge in [-0.05, 0) is 13.3 Å². The van der Waals surface area contributed by atoms with Crippen LogP contribution in [-0.2, 0) is 9.30 Å². The van der Waals surface area contributed by atoms with Crippen molar-refractivity contribution in [1.82, 2.24) is 0 Å². The minimum atomic E-state index is -0.0833. The summed E-state index contributed by atoms with van der Waals surface area (Å²) in [6.45, 7) is 4.49. The number of hydrogen-bond acceptors (Lipinski definition) is 2. The summed E-state index contributed by atoms with van der Waals surface area (Å²) in [5.74, 6) is -0.0833. The monoisotopic (exact) mass is 134 g/mol. The Kier molecular flexibility index (Phi) is 5.24. The molecule has 0 aromatic heterocycles. The van der Waals surface area contributed by atoms with Crippen molar-refractivity contribution >= 4 is 8.46 Å². The molecular weight excluding hydrogens is 123 g/mol. The van der Waals surface area contributed by atoms with Crippen LogP contribution in [0.25, 0.3) is 0 Å². The van der Waals surface area contributed by atoms with Gasteiger partial charge in [0.05, 0.1) is 0 Å². The largest absolute Gasteiger partial charge is 0.366 e. The van der Waals surface area contributed by atoms with E-state index in [9.17, 15) is 4.57 Å². The Morgan fingerprint density at radius 3 is 2.38 bits per heavy atom. The minimum Gasteiger partial charge on any atom is -0.366 e. The van der Waals surface area contributed by atoms with E-state index in [1.807, 2.05) is 13.8 Å². The van der Waals surface area contributed by atoms with Crippen molar-refractivity contribution in [3.8, 4) is 0 Å². The summed E-state index contributed by atoms with van der Waals surface area (Å²) in [6, 6.07) is 0. The maximum Gasteiger partial charge on any atom is 0.187 e. The second-order valence-corrected chi connectivity index (χ2v) is 2.21. The van der Waals surface area contributed by atoms with Gasteiger partial charge < -0.3 is 4.74 Å². The fraction of sp³-hybridized carbons (Fsp3) is 1.00. The molecule has 0 saturated carbocycles. The minimum absolute atomic E-state index is 0.0833. The highest BCUT2D eigenvalue weighted by atomic mass is 31.1. The maximum atomic E-state index is 10.1. The molecule has 0 amide bonds. The molecule has 0 aliphatic heterocycles. The van der Waals surface area contributed by atoms with Gasteiger partial charge in [-0.3, -0.25) is 4.57 Å². The predicted molar refractivity (Wildman–Crippen MR) is 33.3 cm³/mol. The van der Waals surface area contributed by atoms with Crippen molar-refractivity contribution in [2.24, 2.45) is 0 Å². The predicted octanol–water partition coefficient (Wildman–Crippen LogP) is 2.05. The third-order valence-corrected chi connectivity index (χ3v) is 1.58. The van der Waals surface area contributed by atoms with Crippen LogP contribution in [0.15, 0.2) is 0 Å². The zero-order valence-electron chi connectivity index (χ0n) is 5.26. The second kappa shape index (κ2) is 5.20. The molecule has 1 unspecified atom stereocenters. The first-order chi connectivity index (χ1) is 3.85. The lowest BCUT2D eigenvalue weighted by molar-refractivity contribution is 0.118. The average molecular weight is 134 g/mol. The Balaban J connectivity index is 3.21. The van der Waals surface area contributed by atoms with E-state index in [4.69, 9.17) is 4.74 Å². The quantitative estimate of drug-likeness (QED) is 0.550. The van der Waals surface area contributed by atoms with Gasteiger partial charge in [-0.15, -0.1) is 0 Å². The van der Waals surface area contributed by atoms with Gasteiger partial charge in [0, 0.05) is 6.61 Å². The lowest BCUT2D eigenvalue weighted by Crippen LogP contribution is -2.01. The van der Waals surface area contributed by atoms with E-state index < -0.39 is 0 Å². The summed E-state index contributed by atoms with van der Waals surface area (Å²) in [5, 5.41) is 0. The highest BCUT2D eigenvalue weighted by molar-refractivity contribution is 7.24. The van der Waals surface area contributed by atoms with Crippen LogP contribution in [-0.4, -0.2) is 12.5 Å². The fourth-order valence-electron chi connectivity index (χ4n) is 0.415. The van der Waals surface area contributed by atoms with E-state index in [0.717, 1.165) is 6.42 Å². The molecule has 2 nitrogen and oxygen atoms in total. The molecule has 8 heavy (non-hydrogen) atoms. The molecular formula is C5H11O2P. The van der Waals surface area contributed by atoms with Gasteiger partial charge in [0.2, 0.25) is 0 Å².